The van der Waals surface area contributed by atoms with Gasteiger partial charge in [0.25, 0.3) is 5.91 Å². The van der Waals surface area contributed by atoms with Crippen LogP contribution < -0.4 is 16.0 Å². The highest BCUT2D eigenvalue weighted by Gasteiger charge is 2.39. The van der Waals surface area contributed by atoms with Crippen molar-refractivity contribution in [3.05, 3.63) is 65.7 Å². The number of aliphatic imine (C=N–C) groups is 1. The van der Waals surface area contributed by atoms with Gasteiger partial charge in [0, 0.05) is 30.0 Å². The zero-order valence-electron chi connectivity index (χ0n) is 20.6. The second kappa shape index (κ2) is 10.4. The quantitative estimate of drug-likeness (QED) is 0.581. The van der Waals surface area contributed by atoms with E-state index in [-0.39, 0.29) is 17.7 Å². The van der Waals surface area contributed by atoms with Crippen LogP contribution in [-0.2, 0) is 14.4 Å². The van der Waals surface area contributed by atoms with Gasteiger partial charge < -0.3 is 16.0 Å². The molecule has 3 unspecified atom stereocenters. The summed E-state index contributed by atoms with van der Waals surface area (Å²) in [5.74, 6) is -1.67. The molecule has 2 aromatic rings. The van der Waals surface area contributed by atoms with E-state index in [0.717, 1.165) is 29.7 Å². The summed E-state index contributed by atoms with van der Waals surface area (Å²) in [4.78, 5) is 45.8. The Bertz CT molecular complexity index is 1120. The first-order valence-corrected chi connectivity index (χ1v) is 12.4. The Kier molecular flexibility index (Phi) is 7.34. The fraction of sp³-hybridized carbons (Fsp3) is 0.429. The summed E-state index contributed by atoms with van der Waals surface area (Å²) < 4.78 is 0. The molecule has 3 atom stereocenters. The number of anilines is 1. The van der Waals surface area contributed by atoms with Crippen LogP contribution in [0.25, 0.3) is 0 Å². The highest BCUT2D eigenvalue weighted by molar-refractivity contribution is 6.20. The maximum absolute atomic E-state index is 13.6. The first-order valence-electron chi connectivity index (χ1n) is 12.4. The molecule has 0 spiro atoms. The van der Waals surface area contributed by atoms with Crippen molar-refractivity contribution in [3.8, 4) is 0 Å². The Balaban J connectivity index is 1.69. The van der Waals surface area contributed by atoms with Gasteiger partial charge in [-0.1, -0.05) is 75.2 Å². The van der Waals surface area contributed by atoms with Crippen molar-refractivity contribution < 1.29 is 14.4 Å². The van der Waals surface area contributed by atoms with E-state index in [9.17, 15) is 14.4 Å². The number of nitrogens with one attached hydrogen (secondary N) is 1. The summed E-state index contributed by atoms with van der Waals surface area (Å²) in [6, 6.07) is 17.2. The van der Waals surface area contributed by atoms with E-state index in [1.54, 1.807) is 7.05 Å². The highest BCUT2D eigenvalue weighted by atomic mass is 16.2. The SMILES string of the molecule is CC(C)CC(C(=O)NC1N=C(c2ccccc2)c2ccccc2N(C)C1=O)C(CC1CC1)C(N)=O. The summed E-state index contributed by atoms with van der Waals surface area (Å²) in [6.07, 6.45) is 2.14. The number of fused-ring (bicyclic) bond motifs is 1. The third kappa shape index (κ3) is 5.61. The molecule has 7 nitrogen and oxygen atoms in total. The second-order valence-corrected chi connectivity index (χ2v) is 10.1. The van der Waals surface area contributed by atoms with Crippen molar-refractivity contribution in [3.63, 3.8) is 0 Å². The number of carbonyl (C=O) groups excluding carboxylic acids is 3. The van der Waals surface area contributed by atoms with E-state index in [1.807, 2.05) is 68.4 Å². The number of hydrogen-bond acceptors (Lipinski definition) is 4. The standard InChI is InChI=1S/C28H34N4O3/c1-17(2)15-22(21(25(29)33)16-18-13-14-18)27(34)31-26-28(35)32(3)23-12-8-7-11-20(23)24(30-26)19-9-5-4-6-10-19/h4-12,17-18,21-22,26H,13-16H2,1-3H3,(H2,29,33)(H,31,34). The molecule has 3 amide bonds. The topological polar surface area (TPSA) is 105 Å². The first kappa shape index (κ1) is 24.6. The Morgan fingerprint density at radius 3 is 2.34 bits per heavy atom. The molecule has 0 saturated heterocycles. The van der Waals surface area contributed by atoms with Crippen LogP contribution in [0.15, 0.2) is 59.6 Å². The minimum absolute atomic E-state index is 0.187. The zero-order chi connectivity index (χ0) is 25.1. The summed E-state index contributed by atoms with van der Waals surface area (Å²) in [6.45, 7) is 4.03. The van der Waals surface area contributed by atoms with Gasteiger partial charge in [-0.05, 0) is 30.7 Å². The van der Waals surface area contributed by atoms with Gasteiger partial charge in [-0.3, -0.25) is 14.4 Å². The minimum Gasteiger partial charge on any atom is -0.369 e. The van der Waals surface area contributed by atoms with Gasteiger partial charge in [0.15, 0.2) is 0 Å². The molecular weight excluding hydrogens is 440 g/mol. The number of likely N-dealkylation sites (N-methyl/N-ethyl adjacent to an activating group) is 1. The molecule has 35 heavy (non-hydrogen) atoms. The Labute approximate surface area is 206 Å². The van der Waals surface area contributed by atoms with Crippen molar-refractivity contribution in [1.29, 1.82) is 0 Å². The molecule has 0 radical (unpaired) electrons. The molecule has 7 heteroatoms. The van der Waals surface area contributed by atoms with Crippen LogP contribution in [0.4, 0.5) is 5.69 Å². The molecule has 1 fully saturated rings. The predicted octanol–water partition coefficient (Wildman–Crippen LogP) is 3.51. The van der Waals surface area contributed by atoms with E-state index < -0.39 is 23.9 Å². The molecule has 2 aliphatic rings. The fourth-order valence-corrected chi connectivity index (χ4v) is 4.84. The van der Waals surface area contributed by atoms with Gasteiger partial charge in [0.1, 0.15) is 0 Å². The Morgan fingerprint density at radius 1 is 1.06 bits per heavy atom. The van der Waals surface area contributed by atoms with E-state index in [4.69, 9.17) is 10.7 Å². The monoisotopic (exact) mass is 474 g/mol. The summed E-state index contributed by atoms with van der Waals surface area (Å²) in [5.41, 5.74) is 8.79. The molecule has 1 saturated carbocycles. The lowest BCUT2D eigenvalue weighted by Crippen LogP contribution is -2.50. The number of carbonyl (C=O) groups is 3. The van der Waals surface area contributed by atoms with Crippen LogP contribution in [0, 0.1) is 23.7 Å². The molecule has 1 aliphatic heterocycles. The lowest BCUT2D eigenvalue weighted by atomic mass is 9.81. The van der Waals surface area contributed by atoms with Crippen molar-refractivity contribution in [2.45, 2.75) is 45.7 Å². The number of amides is 3. The van der Waals surface area contributed by atoms with Crippen LogP contribution in [0.5, 0.6) is 0 Å². The third-order valence-corrected chi connectivity index (χ3v) is 6.87. The number of benzene rings is 2. The number of benzodiazepines with no additional fused rings is 1. The van der Waals surface area contributed by atoms with Gasteiger partial charge in [-0.15, -0.1) is 0 Å². The molecule has 0 bridgehead atoms. The third-order valence-electron chi connectivity index (χ3n) is 6.87. The van der Waals surface area contributed by atoms with Crippen LogP contribution >= 0.6 is 0 Å². The van der Waals surface area contributed by atoms with E-state index in [0.29, 0.717) is 24.5 Å². The maximum Gasteiger partial charge on any atom is 0.272 e. The summed E-state index contributed by atoms with van der Waals surface area (Å²) >= 11 is 0. The highest BCUT2D eigenvalue weighted by Crippen LogP contribution is 2.39. The zero-order valence-corrected chi connectivity index (χ0v) is 20.6. The van der Waals surface area contributed by atoms with Crippen LogP contribution in [-0.4, -0.2) is 36.6 Å². The Morgan fingerprint density at radius 2 is 1.71 bits per heavy atom. The Hall–Kier alpha value is -3.48. The number of para-hydroxylation sites is 1. The molecule has 1 aliphatic carbocycles. The fourth-order valence-electron chi connectivity index (χ4n) is 4.84. The van der Waals surface area contributed by atoms with E-state index >= 15 is 0 Å². The van der Waals surface area contributed by atoms with Gasteiger partial charge in [-0.2, -0.15) is 0 Å². The number of hydrogen-bond donors (Lipinski definition) is 2. The maximum atomic E-state index is 13.6. The number of nitrogens with zero attached hydrogens (tertiary/aromatic N) is 2. The van der Waals surface area contributed by atoms with E-state index in [1.165, 1.54) is 4.90 Å². The number of primary amides is 1. The summed E-state index contributed by atoms with van der Waals surface area (Å²) in [5, 5.41) is 2.88. The normalized spacial score (nSPS) is 19.4. The second-order valence-electron chi connectivity index (χ2n) is 10.1. The number of nitrogens with two attached hydrogens (primary N) is 1. The van der Waals surface area contributed by atoms with Gasteiger partial charge >= 0.3 is 0 Å². The van der Waals surface area contributed by atoms with Crippen molar-refractivity contribution in [2.75, 3.05) is 11.9 Å². The number of rotatable bonds is 9. The minimum atomic E-state index is -1.11. The first-order chi connectivity index (χ1) is 16.8. The molecule has 184 valence electrons. The van der Waals surface area contributed by atoms with Gasteiger partial charge in [-0.25, -0.2) is 4.99 Å². The lowest BCUT2D eigenvalue weighted by molar-refractivity contribution is -0.136. The molecule has 3 N–H and O–H groups in total. The molecular formula is C28H34N4O3. The lowest BCUT2D eigenvalue weighted by Gasteiger charge is -2.27. The van der Waals surface area contributed by atoms with Crippen molar-refractivity contribution in [2.24, 2.45) is 34.4 Å². The van der Waals surface area contributed by atoms with Gasteiger partial charge in [0.05, 0.1) is 11.4 Å². The smallest absolute Gasteiger partial charge is 0.272 e. The predicted molar refractivity (Wildman–Crippen MR) is 137 cm³/mol. The average molecular weight is 475 g/mol. The van der Waals surface area contributed by atoms with Crippen LogP contribution in [0.1, 0.15) is 50.7 Å². The average Bonchev–Trinajstić information content (AvgIpc) is 3.67. The van der Waals surface area contributed by atoms with Crippen LogP contribution in [0.2, 0.25) is 0 Å². The van der Waals surface area contributed by atoms with Gasteiger partial charge in [0.2, 0.25) is 18.0 Å². The molecule has 1 heterocycles. The molecule has 4 rings (SSSR count). The van der Waals surface area contributed by atoms with Crippen molar-refractivity contribution >= 4 is 29.1 Å². The van der Waals surface area contributed by atoms with Crippen molar-refractivity contribution in [1.82, 2.24) is 5.32 Å². The summed E-state index contributed by atoms with van der Waals surface area (Å²) in [7, 11) is 1.69. The largest absolute Gasteiger partial charge is 0.369 e. The van der Waals surface area contributed by atoms with Crippen LogP contribution in [0.3, 0.4) is 0 Å². The van der Waals surface area contributed by atoms with E-state index in [2.05, 4.69) is 5.32 Å². The molecule has 0 aromatic heterocycles. The molecule has 2 aromatic carbocycles.